The van der Waals surface area contributed by atoms with Crippen LogP contribution in [0.1, 0.15) is 30.0 Å². The topological polar surface area (TPSA) is 66.4 Å². The number of amides is 1. The highest BCUT2D eigenvalue weighted by Gasteiger charge is 2.21. The maximum atomic E-state index is 11.8. The number of aryl methyl sites for hydroxylation is 1. The van der Waals surface area contributed by atoms with Crippen LogP contribution in [0.4, 0.5) is 0 Å². The summed E-state index contributed by atoms with van der Waals surface area (Å²) in [4.78, 5) is 22.2. The number of carboxylic acids is 1. The van der Waals surface area contributed by atoms with Gasteiger partial charge in [-0.2, -0.15) is 0 Å². The van der Waals surface area contributed by atoms with Crippen molar-refractivity contribution in [3.05, 3.63) is 35.4 Å². The van der Waals surface area contributed by atoms with E-state index < -0.39 is 5.97 Å². The van der Waals surface area contributed by atoms with E-state index in [9.17, 15) is 9.59 Å². The lowest BCUT2D eigenvalue weighted by Crippen LogP contribution is -2.32. The Labute approximate surface area is 116 Å². The van der Waals surface area contributed by atoms with Gasteiger partial charge in [-0.1, -0.05) is 24.3 Å². The smallest absolute Gasteiger partial charge is 0.313 e. The summed E-state index contributed by atoms with van der Waals surface area (Å²) < 4.78 is 0. The van der Waals surface area contributed by atoms with Crippen molar-refractivity contribution in [3.63, 3.8) is 0 Å². The van der Waals surface area contributed by atoms with Crippen LogP contribution in [-0.4, -0.2) is 28.5 Å². The van der Waals surface area contributed by atoms with Gasteiger partial charge < -0.3 is 10.4 Å². The summed E-state index contributed by atoms with van der Waals surface area (Å²) in [5, 5.41) is 11.5. The number of carboxylic acid groups (broad SMARTS) is 1. The van der Waals surface area contributed by atoms with Gasteiger partial charge in [0.2, 0.25) is 5.91 Å². The summed E-state index contributed by atoms with van der Waals surface area (Å²) in [5.74, 6) is -0.812. The molecule has 0 spiro atoms. The molecule has 0 fully saturated rings. The first-order valence-electron chi connectivity index (χ1n) is 6.33. The van der Waals surface area contributed by atoms with Crippen molar-refractivity contribution in [1.29, 1.82) is 0 Å². The highest BCUT2D eigenvalue weighted by molar-refractivity contribution is 8.00. The van der Waals surface area contributed by atoms with Crippen molar-refractivity contribution in [3.8, 4) is 0 Å². The van der Waals surface area contributed by atoms with Crippen molar-refractivity contribution < 1.29 is 14.7 Å². The van der Waals surface area contributed by atoms with Gasteiger partial charge in [0, 0.05) is 0 Å². The van der Waals surface area contributed by atoms with E-state index in [1.165, 1.54) is 11.1 Å². The first-order chi connectivity index (χ1) is 9.16. The lowest BCUT2D eigenvalue weighted by Gasteiger charge is -2.26. The number of carbonyl (C=O) groups is 2. The summed E-state index contributed by atoms with van der Waals surface area (Å²) in [6.07, 6.45) is 3.09. The minimum Gasteiger partial charge on any atom is -0.481 e. The molecule has 2 N–H and O–H groups in total. The van der Waals surface area contributed by atoms with Crippen molar-refractivity contribution >= 4 is 23.6 Å². The Morgan fingerprint density at radius 2 is 2.11 bits per heavy atom. The van der Waals surface area contributed by atoms with Gasteiger partial charge in [-0.3, -0.25) is 9.59 Å². The molecule has 0 saturated heterocycles. The van der Waals surface area contributed by atoms with E-state index >= 15 is 0 Å². The van der Waals surface area contributed by atoms with E-state index in [0.717, 1.165) is 31.0 Å². The zero-order valence-electron chi connectivity index (χ0n) is 10.6. The number of thioether (sulfide) groups is 1. The summed E-state index contributed by atoms with van der Waals surface area (Å²) >= 11 is 1.13. The first-order valence-corrected chi connectivity index (χ1v) is 7.49. The molecule has 1 aliphatic rings. The maximum absolute atomic E-state index is 11.8. The van der Waals surface area contributed by atoms with Crippen LogP contribution >= 0.6 is 11.8 Å². The Morgan fingerprint density at radius 3 is 2.89 bits per heavy atom. The second kappa shape index (κ2) is 6.61. The number of hydrogen-bond acceptors (Lipinski definition) is 3. The Hall–Kier alpha value is -1.49. The SMILES string of the molecule is O=C(O)CSCC(=O)N[C@H]1CCCc2ccccc21. The van der Waals surface area contributed by atoms with Gasteiger partial charge in [-0.15, -0.1) is 11.8 Å². The number of aliphatic carboxylic acids is 1. The van der Waals surface area contributed by atoms with Crippen LogP contribution < -0.4 is 5.32 Å². The Balaban J connectivity index is 1.90. The van der Waals surface area contributed by atoms with E-state index in [4.69, 9.17) is 5.11 Å². The molecule has 19 heavy (non-hydrogen) atoms. The molecule has 1 atom stereocenters. The number of hydrogen-bond donors (Lipinski definition) is 2. The third-order valence-corrected chi connectivity index (χ3v) is 4.08. The third-order valence-electron chi connectivity index (χ3n) is 3.16. The molecule has 0 radical (unpaired) electrons. The van der Waals surface area contributed by atoms with E-state index in [1.54, 1.807) is 0 Å². The molecule has 1 amide bonds. The maximum Gasteiger partial charge on any atom is 0.313 e. The molecule has 5 heteroatoms. The van der Waals surface area contributed by atoms with Gasteiger partial charge in [-0.05, 0) is 30.4 Å². The lowest BCUT2D eigenvalue weighted by atomic mass is 9.88. The molecular formula is C14H17NO3S. The van der Waals surface area contributed by atoms with Gasteiger partial charge >= 0.3 is 5.97 Å². The summed E-state index contributed by atoms with van der Waals surface area (Å²) in [6.45, 7) is 0. The van der Waals surface area contributed by atoms with Crippen molar-refractivity contribution in [2.24, 2.45) is 0 Å². The zero-order valence-corrected chi connectivity index (χ0v) is 11.4. The monoisotopic (exact) mass is 279 g/mol. The van der Waals surface area contributed by atoms with Gasteiger partial charge in [-0.25, -0.2) is 0 Å². The van der Waals surface area contributed by atoms with Gasteiger partial charge in [0.1, 0.15) is 0 Å². The Bertz CT molecular complexity index is 476. The van der Waals surface area contributed by atoms with Crippen LogP contribution in [0.2, 0.25) is 0 Å². The molecule has 1 aromatic carbocycles. The highest BCUT2D eigenvalue weighted by atomic mass is 32.2. The molecule has 0 aromatic heterocycles. The number of fused-ring (bicyclic) bond motifs is 1. The molecule has 2 rings (SSSR count). The minimum absolute atomic E-state index is 0.0331. The van der Waals surface area contributed by atoms with Crippen LogP contribution in [0.3, 0.4) is 0 Å². The predicted molar refractivity (Wildman–Crippen MR) is 75.2 cm³/mol. The van der Waals surface area contributed by atoms with Crippen molar-refractivity contribution in [1.82, 2.24) is 5.32 Å². The second-order valence-corrected chi connectivity index (χ2v) is 5.58. The largest absolute Gasteiger partial charge is 0.481 e. The number of nitrogens with one attached hydrogen (secondary N) is 1. The predicted octanol–water partition coefficient (Wildman–Crippen LogP) is 2.00. The van der Waals surface area contributed by atoms with Gasteiger partial charge in [0.15, 0.2) is 0 Å². The normalized spacial score (nSPS) is 17.6. The molecule has 0 heterocycles. The first kappa shape index (κ1) is 13.9. The summed E-state index contributed by atoms with van der Waals surface area (Å²) in [6, 6.07) is 8.24. The molecule has 0 bridgehead atoms. The molecule has 4 nitrogen and oxygen atoms in total. The Morgan fingerprint density at radius 1 is 1.32 bits per heavy atom. The van der Waals surface area contributed by atoms with Crippen LogP contribution in [0.25, 0.3) is 0 Å². The summed E-state index contributed by atoms with van der Waals surface area (Å²) in [5.41, 5.74) is 2.50. The highest BCUT2D eigenvalue weighted by Crippen LogP contribution is 2.29. The molecular weight excluding hydrogens is 262 g/mol. The van der Waals surface area contributed by atoms with E-state index in [2.05, 4.69) is 17.4 Å². The zero-order chi connectivity index (χ0) is 13.7. The standard InChI is InChI=1S/C14H17NO3S/c16-13(8-19-9-14(17)18)15-12-7-3-5-10-4-1-2-6-11(10)12/h1-2,4,6,12H,3,5,7-9H2,(H,15,16)(H,17,18)/t12-/m0/s1. The quantitative estimate of drug-likeness (QED) is 0.865. The van der Waals surface area contributed by atoms with Gasteiger partial charge in [0.25, 0.3) is 0 Å². The fraction of sp³-hybridized carbons (Fsp3) is 0.429. The third kappa shape index (κ3) is 3.99. The van der Waals surface area contributed by atoms with Crippen LogP contribution in [0.15, 0.2) is 24.3 Å². The van der Waals surface area contributed by atoms with Crippen LogP contribution in [0, 0.1) is 0 Å². The van der Waals surface area contributed by atoms with Crippen LogP contribution in [-0.2, 0) is 16.0 Å². The van der Waals surface area contributed by atoms with E-state index in [0.29, 0.717) is 0 Å². The van der Waals surface area contributed by atoms with Gasteiger partial charge in [0.05, 0.1) is 17.5 Å². The van der Waals surface area contributed by atoms with E-state index in [-0.39, 0.29) is 23.5 Å². The average molecular weight is 279 g/mol. The fourth-order valence-electron chi connectivity index (χ4n) is 2.37. The average Bonchev–Trinajstić information content (AvgIpc) is 2.39. The summed E-state index contributed by atoms with van der Waals surface area (Å²) in [7, 11) is 0. The minimum atomic E-state index is -0.888. The van der Waals surface area contributed by atoms with E-state index in [1.807, 2.05) is 12.1 Å². The number of rotatable bonds is 5. The lowest BCUT2D eigenvalue weighted by molar-refractivity contribution is -0.133. The van der Waals surface area contributed by atoms with Crippen molar-refractivity contribution in [2.45, 2.75) is 25.3 Å². The van der Waals surface area contributed by atoms with Crippen LogP contribution in [0.5, 0.6) is 0 Å². The molecule has 1 aliphatic carbocycles. The molecule has 1 aromatic rings. The number of carbonyl (C=O) groups excluding carboxylic acids is 1. The molecule has 0 saturated carbocycles. The fourth-order valence-corrected chi connectivity index (χ4v) is 2.92. The number of benzene rings is 1. The molecule has 0 aliphatic heterocycles. The van der Waals surface area contributed by atoms with Crippen molar-refractivity contribution in [2.75, 3.05) is 11.5 Å². The Kier molecular flexibility index (Phi) is 4.85. The molecule has 102 valence electrons. The molecule has 0 unspecified atom stereocenters. The second-order valence-electron chi connectivity index (χ2n) is 4.60.